The number of ether oxygens (including phenoxy) is 1. The topological polar surface area (TPSA) is 51.2 Å². The quantitative estimate of drug-likeness (QED) is 0.469. The lowest BCUT2D eigenvalue weighted by molar-refractivity contribution is 0.105. The molecule has 132 valence electrons. The van der Waals surface area contributed by atoms with Gasteiger partial charge in [0.25, 0.3) is 0 Å². The summed E-state index contributed by atoms with van der Waals surface area (Å²) in [5, 5.41) is 3.96. The van der Waals surface area contributed by atoms with Crippen LogP contribution in [0, 0.1) is 13.8 Å². The molecule has 3 rings (SSSR count). The molecule has 0 fully saturated rings. The molecule has 0 aliphatic rings. The molecular formula is C21H20N2O2S. The highest BCUT2D eigenvalue weighted by molar-refractivity contribution is 7.17. The van der Waals surface area contributed by atoms with E-state index in [0.717, 1.165) is 22.7 Å². The minimum Gasteiger partial charge on any atom is -0.497 e. The second-order valence-corrected chi connectivity index (χ2v) is 6.90. The van der Waals surface area contributed by atoms with Gasteiger partial charge in [-0.1, -0.05) is 47.2 Å². The van der Waals surface area contributed by atoms with Crippen LogP contribution in [0.1, 0.15) is 26.5 Å². The molecule has 3 aromatic rings. The van der Waals surface area contributed by atoms with Crippen molar-refractivity contribution in [2.24, 2.45) is 0 Å². The van der Waals surface area contributed by atoms with E-state index in [1.807, 2.05) is 62.4 Å². The number of carbonyl (C=O) groups excluding carboxylic acids is 1. The molecule has 0 saturated carbocycles. The Balaban J connectivity index is 1.74. The highest BCUT2D eigenvalue weighted by Gasteiger charge is 2.13. The summed E-state index contributed by atoms with van der Waals surface area (Å²) in [4.78, 5) is 17.6. The fraction of sp³-hybridized carbons (Fsp3) is 0.143. The first-order valence-electron chi connectivity index (χ1n) is 8.23. The molecule has 0 amide bonds. The normalized spacial score (nSPS) is 10.9. The van der Waals surface area contributed by atoms with E-state index in [-0.39, 0.29) is 5.78 Å². The number of ketones is 1. The van der Waals surface area contributed by atoms with Crippen LogP contribution in [-0.4, -0.2) is 17.9 Å². The van der Waals surface area contributed by atoms with E-state index in [4.69, 9.17) is 4.74 Å². The summed E-state index contributed by atoms with van der Waals surface area (Å²) < 4.78 is 5.20. The smallest absolute Gasteiger partial charge is 0.197 e. The molecule has 0 unspecified atom stereocenters. The molecule has 0 atom stereocenters. The van der Waals surface area contributed by atoms with Gasteiger partial charge in [0.15, 0.2) is 10.9 Å². The lowest BCUT2D eigenvalue weighted by Gasteiger charge is -2.02. The number of aryl methyl sites for hydroxylation is 2. The maximum absolute atomic E-state index is 12.5. The summed E-state index contributed by atoms with van der Waals surface area (Å²) in [7, 11) is 1.62. The number of aromatic nitrogens is 1. The molecule has 26 heavy (non-hydrogen) atoms. The van der Waals surface area contributed by atoms with Crippen LogP contribution in [-0.2, 0) is 0 Å². The van der Waals surface area contributed by atoms with Gasteiger partial charge in [0.1, 0.15) is 5.75 Å². The number of nitrogens with one attached hydrogen (secondary N) is 1. The predicted octanol–water partition coefficient (Wildman–Crippen LogP) is 5.41. The minimum absolute atomic E-state index is 0.0558. The number of allylic oxidation sites excluding steroid dienone is 1. The summed E-state index contributed by atoms with van der Waals surface area (Å²) >= 11 is 1.36. The van der Waals surface area contributed by atoms with E-state index in [9.17, 15) is 4.79 Å². The van der Waals surface area contributed by atoms with Crippen LogP contribution in [0.4, 0.5) is 10.8 Å². The summed E-state index contributed by atoms with van der Waals surface area (Å²) in [6.07, 6.45) is 3.36. The first-order valence-corrected chi connectivity index (χ1v) is 9.04. The molecule has 0 saturated heterocycles. The number of thiazole rings is 1. The van der Waals surface area contributed by atoms with Crippen LogP contribution in [0.5, 0.6) is 5.75 Å². The Morgan fingerprint density at radius 1 is 1.15 bits per heavy atom. The number of carbonyl (C=O) groups is 1. The van der Waals surface area contributed by atoms with Crippen molar-refractivity contribution in [3.05, 3.63) is 76.3 Å². The van der Waals surface area contributed by atoms with E-state index in [0.29, 0.717) is 10.0 Å². The lowest BCUT2D eigenvalue weighted by Crippen LogP contribution is -1.93. The van der Waals surface area contributed by atoms with Crippen molar-refractivity contribution in [1.82, 2.24) is 4.98 Å². The van der Waals surface area contributed by atoms with Gasteiger partial charge in [-0.3, -0.25) is 4.79 Å². The first kappa shape index (κ1) is 17.9. The zero-order valence-corrected chi connectivity index (χ0v) is 15.8. The van der Waals surface area contributed by atoms with E-state index in [2.05, 4.69) is 10.3 Å². The first-order chi connectivity index (χ1) is 12.5. The third-order valence-corrected chi connectivity index (χ3v) is 4.93. The van der Waals surface area contributed by atoms with E-state index in [1.54, 1.807) is 19.3 Å². The number of rotatable bonds is 6. The van der Waals surface area contributed by atoms with Crippen molar-refractivity contribution < 1.29 is 9.53 Å². The molecule has 2 aromatic carbocycles. The van der Waals surface area contributed by atoms with Crippen molar-refractivity contribution in [3.8, 4) is 5.75 Å². The van der Waals surface area contributed by atoms with Gasteiger partial charge >= 0.3 is 0 Å². The van der Waals surface area contributed by atoms with Crippen molar-refractivity contribution in [3.63, 3.8) is 0 Å². The molecule has 0 bridgehead atoms. The van der Waals surface area contributed by atoms with Gasteiger partial charge in [0.05, 0.1) is 17.7 Å². The van der Waals surface area contributed by atoms with Crippen molar-refractivity contribution >= 4 is 34.0 Å². The van der Waals surface area contributed by atoms with Gasteiger partial charge in [-0.05, 0) is 49.8 Å². The Bertz CT molecular complexity index is 943. The second kappa shape index (κ2) is 7.97. The highest BCUT2D eigenvalue weighted by Crippen LogP contribution is 2.27. The number of hydrogen-bond donors (Lipinski definition) is 1. The average Bonchev–Trinajstić information content (AvgIpc) is 3.02. The van der Waals surface area contributed by atoms with Gasteiger partial charge in [-0.15, -0.1) is 0 Å². The summed E-state index contributed by atoms with van der Waals surface area (Å²) in [5.41, 5.74) is 3.79. The molecule has 1 aromatic heterocycles. The number of hydrogen-bond acceptors (Lipinski definition) is 5. The van der Waals surface area contributed by atoms with Gasteiger partial charge in [0, 0.05) is 5.69 Å². The highest BCUT2D eigenvalue weighted by atomic mass is 32.1. The van der Waals surface area contributed by atoms with E-state index >= 15 is 0 Å². The maximum Gasteiger partial charge on any atom is 0.197 e. The molecule has 1 N–H and O–H groups in total. The van der Waals surface area contributed by atoms with Crippen LogP contribution >= 0.6 is 11.3 Å². The van der Waals surface area contributed by atoms with Crippen molar-refractivity contribution in [1.29, 1.82) is 0 Å². The minimum atomic E-state index is -0.0558. The summed E-state index contributed by atoms with van der Waals surface area (Å²) in [5.74, 6) is 0.706. The standard InChI is InChI=1S/C21H20N2O2S/c1-14-7-10-17(11-8-14)23-21-22-15(2)20(26-21)19(24)12-9-16-5-4-6-18(13-16)25-3/h4-13H,1-3H3,(H,22,23)/b12-9+. The van der Waals surface area contributed by atoms with E-state index < -0.39 is 0 Å². The van der Waals surface area contributed by atoms with Crippen molar-refractivity contribution in [2.75, 3.05) is 12.4 Å². The third-order valence-electron chi connectivity index (χ3n) is 3.84. The van der Waals surface area contributed by atoms with Crippen LogP contribution < -0.4 is 10.1 Å². The fourth-order valence-electron chi connectivity index (χ4n) is 2.43. The third kappa shape index (κ3) is 4.37. The van der Waals surface area contributed by atoms with Crippen molar-refractivity contribution in [2.45, 2.75) is 13.8 Å². The van der Waals surface area contributed by atoms with Crippen LogP contribution in [0.15, 0.2) is 54.6 Å². The van der Waals surface area contributed by atoms with Crippen LogP contribution in [0.2, 0.25) is 0 Å². The largest absolute Gasteiger partial charge is 0.497 e. The Kier molecular flexibility index (Phi) is 5.49. The molecule has 1 heterocycles. The molecule has 4 nitrogen and oxygen atoms in total. The maximum atomic E-state index is 12.5. The molecule has 5 heteroatoms. The van der Waals surface area contributed by atoms with Gasteiger partial charge in [-0.2, -0.15) is 0 Å². The van der Waals surface area contributed by atoms with E-state index in [1.165, 1.54) is 16.9 Å². The SMILES string of the molecule is COc1cccc(/C=C/C(=O)c2sc(Nc3ccc(C)cc3)nc2C)c1. The summed E-state index contributed by atoms with van der Waals surface area (Å²) in [6.45, 7) is 3.90. The molecule has 0 aliphatic heterocycles. The molecule has 0 aliphatic carbocycles. The Hall–Kier alpha value is -2.92. The zero-order chi connectivity index (χ0) is 18.5. The number of methoxy groups -OCH3 is 1. The number of benzene rings is 2. The predicted molar refractivity (Wildman–Crippen MR) is 108 cm³/mol. The average molecular weight is 364 g/mol. The monoisotopic (exact) mass is 364 g/mol. The van der Waals surface area contributed by atoms with Gasteiger partial charge < -0.3 is 10.1 Å². The number of nitrogens with zero attached hydrogens (tertiary/aromatic N) is 1. The fourth-order valence-corrected chi connectivity index (χ4v) is 3.34. The van der Waals surface area contributed by atoms with Gasteiger partial charge in [0.2, 0.25) is 0 Å². The Labute approximate surface area is 157 Å². The van der Waals surface area contributed by atoms with Gasteiger partial charge in [-0.25, -0.2) is 4.98 Å². The number of anilines is 2. The zero-order valence-electron chi connectivity index (χ0n) is 14.9. The van der Waals surface area contributed by atoms with Crippen LogP contribution in [0.3, 0.4) is 0 Å². The molecule has 0 spiro atoms. The Morgan fingerprint density at radius 3 is 2.65 bits per heavy atom. The lowest BCUT2D eigenvalue weighted by atomic mass is 10.1. The Morgan fingerprint density at radius 2 is 1.92 bits per heavy atom. The summed E-state index contributed by atoms with van der Waals surface area (Å²) in [6, 6.07) is 15.6. The second-order valence-electron chi connectivity index (χ2n) is 5.90. The molecular weight excluding hydrogens is 344 g/mol. The van der Waals surface area contributed by atoms with Crippen LogP contribution in [0.25, 0.3) is 6.08 Å². The molecule has 0 radical (unpaired) electrons.